The Morgan fingerprint density at radius 3 is 3.06 bits per heavy atom. The summed E-state index contributed by atoms with van der Waals surface area (Å²) in [6.45, 7) is 4.27. The molecule has 0 radical (unpaired) electrons. The Balaban J connectivity index is 2.12. The van der Waals surface area contributed by atoms with Gasteiger partial charge in [-0.25, -0.2) is 4.98 Å². The molecule has 88 valence electrons. The van der Waals surface area contributed by atoms with Gasteiger partial charge in [-0.05, 0) is 18.7 Å². The first kappa shape index (κ1) is 12.6. The summed E-state index contributed by atoms with van der Waals surface area (Å²) in [5.41, 5.74) is 0. The molecule has 0 bridgehead atoms. The van der Waals surface area contributed by atoms with E-state index in [1.165, 1.54) is 0 Å². The number of hydrogen-bond acceptors (Lipinski definition) is 4. The minimum absolute atomic E-state index is 0.0575. The van der Waals surface area contributed by atoms with E-state index in [9.17, 15) is 4.79 Å². The van der Waals surface area contributed by atoms with Crippen molar-refractivity contribution in [3.05, 3.63) is 24.4 Å². The summed E-state index contributed by atoms with van der Waals surface area (Å²) in [7, 11) is 0. The lowest BCUT2D eigenvalue weighted by molar-refractivity contribution is -0.120. The highest BCUT2D eigenvalue weighted by molar-refractivity contribution is 5.90. The van der Waals surface area contributed by atoms with Gasteiger partial charge in [-0.1, -0.05) is 13.0 Å². The van der Waals surface area contributed by atoms with Gasteiger partial charge in [0.25, 0.3) is 5.91 Å². The third-order valence-corrected chi connectivity index (χ3v) is 1.84. The average molecular weight is 223 g/mol. The van der Waals surface area contributed by atoms with Crippen LogP contribution >= 0.6 is 0 Å². The quantitative estimate of drug-likeness (QED) is 0.666. The van der Waals surface area contributed by atoms with Crippen LogP contribution in [0.2, 0.25) is 0 Å². The standard InChI is InChI=1S/C11H17N3O2/c1-2-12-7-8-16-9-11(15)14-10-5-3-4-6-13-10/h3-6,12H,2,7-9H2,1H3,(H,13,14,15). The van der Waals surface area contributed by atoms with Crippen LogP contribution in [0.5, 0.6) is 0 Å². The van der Waals surface area contributed by atoms with Crippen molar-refractivity contribution in [1.29, 1.82) is 0 Å². The lowest BCUT2D eigenvalue weighted by Gasteiger charge is -2.05. The molecule has 0 unspecified atom stereocenters. The zero-order valence-electron chi connectivity index (χ0n) is 9.40. The number of ether oxygens (including phenoxy) is 1. The molecule has 1 heterocycles. The number of nitrogens with one attached hydrogen (secondary N) is 2. The van der Waals surface area contributed by atoms with Gasteiger partial charge >= 0.3 is 0 Å². The van der Waals surface area contributed by atoms with Crippen LogP contribution in [0.15, 0.2) is 24.4 Å². The number of nitrogens with zero attached hydrogens (tertiary/aromatic N) is 1. The molecule has 1 aromatic rings. The average Bonchev–Trinajstić information content (AvgIpc) is 2.30. The van der Waals surface area contributed by atoms with E-state index in [1.54, 1.807) is 18.3 Å². The Hall–Kier alpha value is -1.46. The molecular weight excluding hydrogens is 206 g/mol. The maximum atomic E-state index is 11.3. The highest BCUT2D eigenvalue weighted by Crippen LogP contribution is 1.98. The van der Waals surface area contributed by atoms with Crippen molar-refractivity contribution < 1.29 is 9.53 Å². The molecule has 5 nitrogen and oxygen atoms in total. The van der Waals surface area contributed by atoms with Crippen LogP contribution in [0.25, 0.3) is 0 Å². The summed E-state index contributed by atoms with van der Waals surface area (Å²) < 4.78 is 5.17. The minimum Gasteiger partial charge on any atom is -0.370 e. The Bertz CT molecular complexity index is 303. The maximum Gasteiger partial charge on any atom is 0.251 e. The van der Waals surface area contributed by atoms with Crippen molar-refractivity contribution in [2.45, 2.75) is 6.92 Å². The molecule has 0 aromatic carbocycles. The van der Waals surface area contributed by atoms with Gasteiger partial charge in [0.2, 0.25) is 0 Å². The van der Waals surface area contributed by atoms with Gasteiger partial charge in [0.05, 0.1) is 6.61 Å². The van der Waals surface area contributed by atoms with E-state index in [1.807, 2.05) is 13.0 Å². The van der Waals surface area contributed by atoms with Crippen molar-refractivity contribution >= 4 is 11.7 Å². The van der Waals surface area contributed by atoms with Crippen molar-refractivity contribution in [2.75, 3.05) is 31.6 Å². The number of pyridine rings is 1. The molecule has 1 rings (SSSR count). The number of likely N-dealkylation sites (N-methyl/N-ethyl adjacent to an activating group) is 1. The lowest BCUT2D eigenvalue weighted by atomic mass is 10.4. The van der Waals surface area contributed by atoms with Crippen molar-refractivity contribution in [3.8, 4) is 0 Å². The first-order chi connectivity index (χ1) is 7.83. The van der Waals surface area contributed by atoms with Crippen molar-refractivity contribution in [1.82, 2.24) is 10.3 Å². The molecule has 0 fully saturated rings. The molecular formula is C11H17N3O2. The fourth-order valence-electron chi connectivity index (χ4n) is 1.10. The summed E-state index contributed by atoms with van der Waals surface area (Å²) in [5.74, 6) is 0.359. The van der Waals surface area contributed by atoms with E-state index >= 15 is 0 Å². The van der Waals surface area contributed by atoms with Gasteiger partial charge in [0.1, 0.15) is 12.4 Å². The Kier molecular flexibility index (Phi) is 6.13. The van der Waals surface area contributed by atoms with Crippen LogP contribution < -0.4 is 10.6 Å². The second-order valence-electron chi connectivity index (χ2n) is 3.17. The summed E-state index contributed by atoms with van der Waals surface area (Å²) in [5, 5.41) is 5.74. The fourth-order valence-corrected chi connectivity index (χ4v) is 1.10. The van der Waals surface area contributed by atoms with Crippen LogP contribution in [-0.4, -0.2) is 37.2 Å². The fraction of sp³-hybridized carbons (Fsp3) is 0.455. The highest BCUT2D eigenvalue weighted by atomic mass is 16.5. The smallest absolute Gasteiger partial charge is 0.251 e. The van der Waals surface area contributed by atoms with E-state index < -0.39 is 0 Å². The van der Waals surface area contributed by atoms with Crippen LogP contribution in [0.4, 0.5) is 5.82 Å². The molecule has 0 aliphatic rings. The number of carbonyl (C=O) groups is 1. The van der Waals surface area contributed by atoms with E-state index in [0.717, 1.165) is 13.1 Å². The third-order valence-electron chi connectivity index (χ3n) is 1.84. The summed E-state index contributed by atoms with van der Waals surface area (Å²) >= 11 is 0. The summed E-state index contributed by atoms with van der Waals surface area (Å²) in [4.78, 5) is 15.3. The zero-order chi connectivity index (χ0) is 11.6. The van der Waals surface area contributed by atoms with Crippen LogP contribution in [0.1, 0.15) is 6.92 Å². The molecule has 16 heavy (non-hydrogen) atoms. The Morgan fingerprint density at radius 2 is 2.38 bits per heavy atom. The molecule has 1 aromatic heterocycles. The zero-order valence-corrected chi connectivity index (χ0v) is 9.40. The monoisotopic (exact) mass is 223 g/mol. The van der Waals surface area contributed by atoms with Gasteiger partial charge in [-0.2, -0.15) is 0 Å². The Labute approximate surface area is 95.2 Å². The van der Waals surface area contributed by atoms with Gasteiger partial charge in [-0.3, -0.25) is 4.79 Å². The minimum atomic E-state index is -0.185. The molecule has 0 aliphatic heterocycles. The van der Waals surface area contributed by atoms with E-state index in [-0.39, 0.29) is 12.5 Å². The predicted octanol–water partition coefficient (Wildman–Crippen LogP) is 0.646. The summed E-state index contributed by atoms with van der Waals surface area (Å²) in [6.07, 6.45) is 1.63. The molecule has 0 saturated heterocycles. The van der Waals surface area contributed by atoms with Gasteiger partial charge in [0, 0.05) is 12.7 Å². The van der Waals surface area contributed by atoms with Gasteiger partial charge in [0.15, 0.2) is 0 Å². The number of carbonyl (C=O) groups excluding carboxylic acids is 1. The molecule has 0 atom stereocenters. The number of hydrogen-bond donors (Lipinski definition) is 2. The highest BCUT2D eigenvalue weighted by Gasteiger charge is 2.01. The van der Waals surface area contributed by atoms with E-state index in [4.69, 9.17) is 4.74 Å². The molecule has 1 amide bonds. The SMILES string of the molecule is CCNCCOCC(=O)Nc1ccccn1. The largest absolute Gasteiger partial charge is 0.370 e. The molecule has 0 aliphatic carbocycles. The predicted molar refractivity (Wildman–Crippen MR) is 62.2 cm³/mol. The second-order valence-corrected chi connectivity index (χ2v) is 3.17. The van der Waals surface area contributed by atoms with Gasteiger partial charge in [-0.15, -0.1) is 0 Å². The second kappa shape index (κ2) is 7.78. The van der Waals surface area contributed by atoms with Crippen molar-refractivity contribution in [2.24, 2.45) is 0 Å². The number of amides is 1. The maximum absolute atomic E-state index is 11.3. The first-order valence-electron chi connectivity index (χ1n) is 5.32. The number of anilines is 1. The van der Waals surface area contributed by atoms with Crippen molar-refractivity contribution in [3.63, 3.8) is 0 Å². The molecule has 5 heteroatoms. The number of rotatable bonds is 7. The number of aromatic nitrogens is 1. The van der Waals surface area contributed by atoms with Gasteiger partial charge < -0.3 is 15.4 Å². The van der Waals surface area contributed by atoms with E-state index in [2.05, 4.69) is 15.6 Å². The molecule has 2 N–H and O–H groups in total. The van der Waals surface area contributed by atoms with E-state index in [0.29, 0.717) is 12.4 Å². The topological polar surface area (TPSA) is 63.2 Å². The molecule has 0 spiro atoms. The van der Waals surface area contributed by atoms with Crippen LogP contribution in [0, 0.1) is 0 Å². The summed E-state index contributed by atoms with van der Waals surface area (Å²) in [6, 6.07) is 5.34. The normalized spacial score (nSPS) is 10.1. The van der Waals surface area contributed by atoms with Crippen LogP contribution in [-0.2, 0) is 9.53 Å². The third kappa shape index (κ3) is 5.43. The molecule has 0 saturated carbocycles. The first-order valence-corrected chi connectivity index (χ1v) is 5.32. The lowest BCUT2D eigenvalue weighted by Crippen LogP contribution is -2.23. The van der Waals surface area contributed by atoms with Crippen LogP contribution in [0.3, 0.4) is 0 Å². The Morgan fingerprint density at radius 1 is 1.50 bits per heavy atom.